The van der Waals surface area contributed by atoms with Crippen LogP contribution >= 0.6 is 0 Å². The van der Waals surface area contributed by atoms with E-state index in [9.17, 15) is 0 Å². The molecule has 3 rings (SSSR count). The molecule has 0 fully saturated rings. The SMILES string of the molecule is CCCc1noc(Cn2cc(CNC)c3cccnc32)n1. The molecule has 0 bridgehead atoms. The first kappa shape index (κ1) is 13.8. The normalized spacial score (nSPS) is 11.3. The molecule has 0 aliphatic carbocycles. The van der Waals surface area contributed by atoms with Crippen LogP contribution < -0.4 is 5.32 Å². The zero-order valence-corrected chi connectivity index (χ0v) is 12.3. The standard InChI is InChI=1S/C15H19N5O/c1-3-5-13-18-14(21-19-13)10-20-9-11(8-16-2)12-6-4-7-17-15(12)20/h4,6-7,9,16H,3,5,8,10H2,1-2H3. The molecule has 0 aromatic carbocycles. The summed E-state index contributed by atoms with van der Waals surface area (Å²) in [5, 5.41) is 8.33. The third-order valence-corrected chi connectivity index (χ3v) is 3.37. The zero-order chi connectivity index (χ0) is 14.7. The van der Waals surface area contributed by atoms with Crippen molar-refractivity contribution < 1.29 is 4.52 Å². The van der Waals surface area contributed by atoms with Gasteiger partial charge in [-0.1, -0.05) is 12.1 Å². The van der Waals surface area contributed by atoms with E-state index in [4.69, 9.17) is 4.52 Å². The quantitative estimate of drug-likeness (QED) is 0.751. The molecule has 3 heterocycles. The van der Waals surface area contributed by atoms with Gasteiger partial charge in [0.15, 0.2) is 5.82 Å². The lowest BCUT2D eigenvalue weighted by Crippen LogP contribution is -2.04. The highest BCUT2D eigenvalue weighted by molar-refractivity contribution is 5.80. The number of rotatable bonds is 6. The van der Waals surface area contributed by atoms with Gasteiger partial charge in [-0.25, -0.2) is 4.98 Å². The number of pyridine rings is 1. The molecule has 3 aromatic rings. The van der Waals surface area contributed by atoms with E-state index in [1.54, 1.807) is 6.20 Å². The predicted octanol–water partition coefficient (Wildman–Crippen LogP) is 2.14. The van der Waals surface area contributed by atoms with E-state index >= 15 is 0 Å². The van der Waals surface area contributed by atoms with Gasteiger partial charge in [0.1, 0.15) is 12.2 Å². The summed E-state index contributed by atoms with van der Waals surface area (Å²) in [7, 11) is 1.94. The Hall–Kier alpha value is -2.21. The third kappa shape index (κ3) is 2.80. The van der Waals surface area contributed by atoms with E-state index in [-0.39, 0.29) is 0 Å². The van der Waals surface area contributed by atoms with Gasteiger partial charge in [0.2, 0.25) is 5.89 Å². The molecule has 0 atom stereocenters. The minimum atomic E-state index is 0.550. The molecule has 110 valence electrons. The monoisotopic (exact) mass is 285 g/mol. The highest BCUT2D eigenvalue weighted by Crippen LogP contribution is 2.20. The fraction of sp³-hybridized carbons (Fsp3) is 0.400. The van der Waals surface area contributed by atoms with Crippen LogP contribution in [0, 0.1) is 0 Å². The highest BCUT2D eigenvalue weighted by atomic mass is 16.5. The Balaban J connectivity index is 1.92. The first-order valence-corrected chi connectivity index (χ1v) is 7.20. The van der Waals surface area contributed by atoms with Crippen molar-refractivity contribution in [3.63, 3.8) is 0 Å². The topological polar surface area (TPSA) is 68.8 Å². The van der Waals surface area contributed by atoms with Crippen molar-refractivity contribution in [2.75, 3.05) is 7.05 Å². The second-order valence-electron chi connectivity index (χ2n) is 5.04. The van der Waals surface area contributed by atoms with Crippen LogP contribution in [0.3, 0.4) is 0 Å². The molecule has 0 radical (unpaired) electrons. The second kappa shape index (κ2) is 6.05. The Kier molecular flexibility index (Phi) is 3.96. The molecule has 1 N–H and O–H groups in total. The lowest BCUT2D eigenvalue weighted by molar-refractivity contribution is 0.367. The molecule has 0 amide bonds. The van der Waals surface area contributed by atoms with Gasteiger partial charge < -0.3 is 14.4 Å². The first-order valence-electron chi connectivity index (χ1n) is 7.20. The number of aromatic nitrogens is 4. The highest BCUT2D eigenvalue weighted by Gasteiger charge is 2.12. The van der Waals surface area contributed by atoms with Crippen molar-refractivity contribution in [1.82, 2.24) is 25.0 Å². The summed E-state index contributed by atoms with van der Waals surface area (Å²) in [6.07, 6.45) is 5.76. The minimum absolute atomic E-state index is 0.550. The summed E-state index contributed by atoms with van der Waals surface area (Å²) in [6, 6.07) is 4.04. The molecule has 6 nitrogen and oxygen atoms in total. The van der Waals surface area contributed by atoms with Crippen LogP contribution in [0.2, 0.25) is 0 Å². The van der Waals surface area contributed by atoms with Gasteiger partial charge in [-0.2, -0.15) is 4.98 Å². The molecule has 21 heavy (non-hydrogen) atoms. The number of aryl methyl sites for hydroxylation is 1. The lowest BCUT2D eigenvalue weighted by Gasteiger charge is -1.99. The van der Waals surface area contributed by atoms with Crippen molar-refractivity contribution in [2.45, 2.75) is 32.9 Å². The fourth-order valence-corrected chi connectivity index (χ4v) is 2.47. The molecule has 0 aliphatic rings. The lowest BCUT2D eigenvalue weighted by atomic mass is 10.2. The Bertz CT molecular complexity index is 731. The summed E-state index contributed by atoms with van der Waals surface area (Å²) >= 11 is 0. The van der Waals surface area contributed by atoms with E-state index in [2.05, 4.69) is 44.2 Å². The van der Waals surface area contributed by atoms with Crippen molar-refractivity contribution in [3.05, 3.63) is 41.8 Å². The smallest absolute Gasteiger partial charge is 0.246 e. The Morgan fingerprint density at radius 3 is 3.10 bits per heavy atom. The average molecular weight is 285 g/mol. The summed E-state index contributed by atoms with van der Waals surface area (Å²) in [6.45, 7) is 3.46. The van der Waals surface area contributed by atoms with Crippen LogP contribution in [-0.2, 0) is 19.5 Å². The second-order valence-corrected chi connectivity index (χ2v) is 5.04. The van der Waals surface area contributed by atoms with Crippen molar-refractivity contribution in [2.24, 2.45) is 0 Å². The first-order chi connectivity index (χ1) is 10.3. The number of hydrogen-bond donors (Lipinski definition) is 1. The van der Waals surface area contributed by atoms with Crippen LogP contribution in [0.25, 0.3) is 11.0 Å². The maximum atomic E-state index is 5.31. The van der Waals surface area contributed by atoms with Crippen molar-refractivity contribution in [3.8, 4) is 0 Å². The summed E-state index contributed by atoms with van der Waals surface area (Å²) < 4.78 is 7.37. The number of fused-ring (bicyclic) bond motifs is 1. The third-order valence-electron chi connectivity index (χ3n) is 3.37. The number of hydrogen-bond acceptors (Lipinski definition) is 5. The minimum Gasteiger partial charge on any atom is -0.337 e. The maximum Gasteiger partial charge on any atom is 0.246 e. The van der Waals surface area contributed by atoms with E-state index in [1.165, 1.54) is 5.56 Å². The Labute approximate surface area is 123 Å². The molecule has 6 heteroatoms. The van der Waals surface area contributed by atoms with Crippen LogP contribution in [0.1, 0.15) is 30.6 Å². The van der Waals surface area contributed by atoms with E-state index in [0.29, 0.717) is 12.4 Å². The summed E-state index contributed by atoms with van der Waals surface area (Å²) in [5.74, 6) is 1.39. The van der Waals surface area contributed by atoms with Crippen molar-refractivity contribution >= 4 is 11.0 Å². The van der Waals surface area contributed by atoms with Crippen LogP contribution in [0.4, 0.5) is 0 Å². The Morgan fingerprint density at radius 2 is 2.29 bits per heavy atom. The molecule has 0 unspecified atom stereocenters. The average Bonchev–Trinajstić information content (AvgIpc) is 3.07. The number of nitrogens with one attached hydrogen (secondary N) is 1. The van der Waals surface area contributed by atoms with E-state index < -0.39 is 0 Å². The van der Waals surface area contributed by atoms with E-state index in [1.807, 2.05) is 13.1 Å². The molecule has 0 saturated heterocycles. The van der Waals surface area contributed by atoms with Gasteiger partial charge in [0.05, 0.1) is 0 Å². The van der Waals surface area contributed by atoms with Gasteiger partial charge >= 0.3 is 0 Å². The van der Waals surface area contributed by atoms with Crippen molar-refractivity contribution in [1.29, 1.82) is 0 Å². The van der Waals surface area contributed by atoms with Gasteiger partial charge in [-0.3, -0.25) is 0 Å². The van der Waals surface area contributed by atoms with E-state index in [0.717, 1.165) is 36.2 Å². The van der Waals surface area contributed by atoms with Crippen LogP contribution in [0.15, 0.2) is 29.0 Å². The summed E-state index contributed by atoms with van der Waals surface area (Å²) in [4.78, 5) is 8.88. The predicted molar refractivity (Wildman–Crippen MR) is 79.9 cm³/mol. The van der Waals surface area contributed by atoms with Crippen LogP contribution in [-0.4, -0.2) is 26.7 Å². The molecular weight excluding hydrogens is 266 g/mol. The van der Waals surface area contributed by atoms with Gasteiger partial charge in [-0.15, -0.1) is 0 Å². The van der Waals surface area contributed by atoms with Gasteiger partial charge in [-0.05, 0) is 31.2 Å². The molecule has 3 aromatic heterocycles. The zero-order valence-electron chi connectivity index (χ0n) is 12.3. The fourth-order valence-electron chi connectivity index (χ4n) is 2.47. The van der Waals surface area contributed by atoms with Crippen LogP contribution in [0.5, 0.6) is 0 Å². The summed E-state index contributed by atoms with van der Waals surface area (Å²) in [5.41, 5.74) is 2.16. The molecule has 0 spiro atoms. The Morgan fingerprint density at radius 1 is 1.38 bits per heavy atom. The van der Waals surface area contributed by atoms with Gasteiger partial charge in [0.25, 0.3) is 0 Å². The largest absolute Gasteiger partial charge is 0.337 e. The maximum absolute atomic E-state index is 5.31. The molecule has 0 saturated carbocycles. The molecular formula is C15H19N5O. The van der Waals surface area contributed by atoms with Gasteiger partial charge in [0, 0.05) is 30.7 Å². The number of nitrogens with zero attached hydrogens (tertiary/aromatic N) is 4. The molecule has 0 aliphatic heterocycles.